The Balaban J connectivity index is 1.50. The van der Waals surface area contributed by atoms with Gasteiger partial charge in [-0.3, -0.25) is 9.10 Å². The summed E-state index contributed by atoms with van der Waals surface area (Å²) in [7, 11) is -1.17. The number of rotatable bonds is 9. The Labute approximate surface area is 227 Å². The van der Waals surface area contributed by atoms with Crippen molar-refractivity contribution < 1.29 is 22.7 Å². The van der Waals surface area contributed by atoms with E-state index in [1.165, 1.54) is 26.4 Å². The molecule has 5 rings (SSSR count). The van der Waals surface area contributed by atoms with Gasteiger partial charge in [-0.25, -0.2) is 8.42 Å². The van der Waals surface area contributed by atoms with Gasteiger partial charge in [0.25, 0.3) is 10.0 Å². The van der Waals surface area contributed by atoms with Crippen LogP contribution in [0.4, 0.5) is 11.4 Å². The lowest BCUT2D eigenvalue weighted by molar-refractivity contribution is -0.114. The molecule has 1 aromatic heterocycles. The van der Waals surface area contributed by atoms with E-state index in [2.05, 4.69) is 28.9 Å². The van der Waals surface area contributed by atoms with Crippen LogP contribution in [0.5, 0.6) is 11.5 Å². The van der Waals surface area contributed by atoms with Gasteiger partial charge in [0.05, 0.1) is 24.8 Å². The number of para-hydroxylation sites is 3. The topological polar surface area (TPSA) is 89.9 Å². The van der Waals surface area contributed by atoms with Crippen LogP contribution >= 0.6 is 0 Å². The summed E-state index contributed by atoms with van der Waals surface area (Å²) < 4.78 is 41.5. The van der Waals surface area contributed by atoms with Gasteiger partial charge in [-0.2, -0.15) is 0 Å². The molecule has 0 aliphatic carbocycles. The van der Waals surface area contributed by atoms with Crippen molar-refractivity contribution in [3.8, 4) is 11.5 Å². The highest BCUT2D eigenvalue weighted by atomic mass is 32.2. The average Bonchev–Trinajstić information content (AvgIpc) is 3.28. The van der Waals surface area contributed by atoms with Crippen LogP contribution in [-0.4, -0.2) is 39.7 Å². The molecule has 1 amide bonds. The molecule has 0 radical (unpaired) electrons. The fourth-order valence-corrected chi connectivity index (χ4v) is 6.24. The van der Waals surface area contributed by atoms with Crippen LogP contribution < -0.4 is 19.1 Å². The van der Waals surface area contributed by atoms with E-state index in [0.29, 0.717) is 17.2 Å². The number of ether oxygens (including phenoxy) is 2. The zero-order valence-electron chi connectivity index (χ0n) is 21.9. The molecule has 5 aromatic rings. The Morgan fingerprint density at radius 3 is 2.26 bits per heavy atom. The summed E-state index contributed by atoms with van der Waals surface area (Å²) in [6.45, 7) is 2.45. The number of nitrogens with one attached hydrogen (secondary N) is 1. The van der Waals surface area contributed by atoms with Gasteiger partial charge in [-0.15, -0.1) is 0 Å². The Bertz CT molecular complexity index is 1760. The van der Waals surface area contributed by atoms with E-state index in [-0.39, 0.29) is 10.6 Å². The van der Waals surface area contributed by atoms with Gasteiger partial charge in [0, 0.05) is 34.0 Å². The summed E-state index contributed by atoms with van der Waals surface area (Å²) in [6.07, 6.45) is 0. The summed E-state index contributed by atoms with van der Waals surface area (Å²) in [5, 5.41) is 4.99. The number of aromatic nitrogens is 1. The number of benzene rings is 4. The minimum absolute atomic E-state index is 0.0239. The van der Waals surface area contributed by atoms with E-state index >= 15 is 0 Å². The molecule has 8 nitrogen and oxygen atoms in total. The van der Waals surface area contributed by atoms with Crippen molar-refractivity contribution in [1.29, 1.82) is 0 Å². The minimum Gasteiger partial charge on any atom is -0.497 e. The summed E-state index contributed by atoms with van der Waals surface area (Å²) >= 11 is 0. The van der Waals surface area contributed by atoms with Crippen molar-refractivity contribution in [2.45, 2.75) is 18.4 Å². The molecule has 200 valence electrons. The molecule has 0 spiro atoms. The molecule has 0 fully saturated rings. The number of anilines is 2. The normalized spacial score (nSPS) is 11.5. The molecule has 0 saturated carbocycles. The summed E-state index contributed by atoms with van der Waals surface area (Å²) in [5.41, 5.74) is 3.02. The SMILES string of the molecule is CCn1c2ccccc2c2cc(NC(=O)CN(c3ccccc3OC)S(=O)(=O)c3ccc(OC)cc3)ccc21. The molecule has 9 heteroatoms. The Kier molecular flexibility index (Phi) is 7.17. The molecule has 0 saturated heterocycles. The lowest BCUT2D eigenvalue weighted by atomic mass is 10.1. The maximum Gasteiger partial charge on any atom is 0.264 e. The highest BCUT2D eigenvalue weighted by Gasteiger charge is 2.29. The molecule has 0 aliphatic rings. The van der Waals surface area contributed by atoms with Gasteiger partial charge in [-0.1, -0.05) is 30.3 Å². The van der Waals surface area contributed by atoms with E-state index in [0.717, 1.165) is 32.7 Å². The summed E-state index contributed by atoms with van der Waals surface area (Å²) in [5.74, 6) is 0.364. The van der Waals surface area contributed by atoms with E-state index in [9.17, 15) is 13.2 Å². The number of carbonyl (C=O) groups is 1. The predicted molar refractivity (Wildman–Crippen MR) is 154 cm³/mol. The third-order valence-corrected chi connectivity index (χ3v) is 8.43. The van der Waals surface area contributed by atoms with Crippen molar-refractivity contribution >= 4 is 49.1 Å². The van der Waals surface area contributed by atoms with Crippen molar-refractivity contribution in [1.82, 2.24) is 4.57 Å². The molecule has 0 unspecified atom stereocenters. The lowest BCUT2D eigenvalue weighted by Crippen LogP contribution is -2.38. The van der Waals surface area contributed by atoms with Gasteiger partial charge in [0.1, 0.15) is 18.0 Å². The second kappa shape index (κ2) is 10.7. The van der Waals surface area contributed by atoms with E-state index in [1.54, 1.807) is 36.4 Å². The maximum absolute atomic E-state index is 13.8. The molecule has 0 bridgehead atoms. The highest BCUT2D eigenvalue weighted by Crippen LogP contribution is 2.34. The first-order valence-corrected chi connectivity index (χ1v) is 13.9. The third-order valence-electron chi connectivity index (χ3n) is 6.66. The first kappa shape index (κ1) is 26.1. The Morgan fingerprint density at radius 1 is 0.846 bits per heavy atom. The fourth-order valence-electron chi connectivity index (χ4n) is 4.81. The van der Waals surface area contributed by atoms with Crippen LogP contribution in [0.15, 0.2) is 95.9 Å². The number of nitrogens with zero attached hydrogens (tertiary/aromatic N) is 2. The summed E-state index contributed by atoms with van der Waals surface area (Å²) in [6, 6.07) is 26.6. The number of carbonyl (C=O) groups excluding carboxylic acids is 1. The van der Waals surface area contributed by atoms with Crippen molar-refractivity contribution in [3.05, 3.63) is 91.0 Å². The van der Waals surface area contributed by atoms with Gasteiger partial charge in [-0.05, 0) is 67.6 Å². The second-order valence-corrected chi connectivity index (χ2v) is 10.8. The number of methoxy groups -OCH3 is 2. The van der Waals surface area contributed by atoms with Crippen LogP contribution in [-0.2, 0) is 21.4 Å². The van der Waals surface area contributed by atoms with Gasteiger partial charge >= 0.3 is 0 Å². The number of hydrogen-bond acceptors (Lipinski definition) is 5. The number of sulfonamides is 1. The summed E-state index contributed by atoms with van der Waals surface area (Å²) in [4.78, 5) is 13.4. The lowest BCUT2D eigenvalue weighted by Gasteiger charge is -2.25. The molecule has 4 aromatic carbocycles. The largest absolute Gasteiger partial charge is 0.497 e. The average molecular weight is 544 g/mol. The van der Waals surface area contributed by atoms with Crippen LogP contribution in [0.1, 0.15) is 6.92 Å². The van der Waals surface area contributed by atoms with E-state index < -0.39 is 22.5 Å². The van der Waals surface area contributed by atoms with Gasteiger partial charge in [0.2, 0.25) is 5.91 Å². The standard InChI is InChI=1S/C30H29N3O5S/c1-4-32-26-10-6-5-9-24(26)25-19-21(13-18-27(25)32)31-30(34)20-33(28-11-7-8-12-29(28)38-3)39(35,36)23-16-14-22(37-2)15-17-23/h5-19H,4,20H2,1-3H3,(H,31,34). The zero-order valence-corrected chi connectivity index (χ0v) is 22.7. The number of hydrogen-bond donors (Lipinski definition) is 1. The molecule has 39 heavy (non-hydrogen) atoms. The molecule has 0 atom stereocenters. The fraction of sp³-hybridized carbons (Fsp3) is 0.167. The monoisotopic (exact) mass is 543 g/mol. The Hall–Kier alpha value is -4.50. The maximum atomic E-state index is 13.8. The molecular formula is C30H29N3O5S. The minimum atomic E-state index is -4.13. The van der Waals surface area contributed by atoms with Crippen molar-refractivity contribution in [3.63, 3.8) is 0 Å². The molecule has 1 N–H and O–H groups in total. The quantitative estimate of drug-likeness (QED) is 0.259. The Morgan fingerprint density at radius 2 is 1.54 bits per heavy atom. The number of amides is 1. The van der Waals surface area contributed by atoms with E-state index in [4.69, 9.17) is 9.47 Å². The van der Waals surface area contributed by atoms with Crippen LogP contribution in [0.3, 0.4) is 0 Å². The molecular weight excluding hydrogens is 514 g/mol. The highest BCUT2D eigenvalue weighted by molar-refractivity contribution is 7.92. The second-order valence-electron chi connectivity index (χ2n) is 8.90. The van der Waals surface area contributed by atoms with Crippen LogP contribution in [0, 0.1) is 0 Å². The smallest absolute Gasteiger partial charge is 0.264 e. The van der Waals surface area contributed by atoms with Gasteiger partial charge < -0.3 is 19.4 Å². The van der Waals surface area contributed by atoms with Crippen molar-refractivity contribution in [2.75, 3.05) is 30.4 Å². The third kappa shape index (κ3) is 4.88. The van der Waals surface area contributed by atoms with E-state index in [1.807, 2.05) is 30.3 Å². The molecule has 1 heterocycles. The zero-order chi connectivity index (χ0) is 27.6. The number of fused-ring (bicyclic) bond motifs is 3. The van der Waals surface area contributed by atoms with Crippen molar-refractivity contribution in [2.24, 2.45) is 0 Å². The van der Waals surface area contributed by atoms with Crippen LogP contribution in [0.25, 0.3) is 21.8 Å². The first-order valence-electron chi connectivity index (χ1n) is 12.5. The predicted octanol–water partition coefficient (Wildman–Crippen LogP) is 5.67. The molecule has 0 aliphatic heterocycles. The van der Waals surface area contributed by atoms with Gasteiger partial charge in [0.15, 0.2) is 0 Å². The number of aryl methyl sites for hydroxylation is 1. The first-order chi connectivity index (χ1) is 18.9. The van der Waals surface area contributed by atoms with Crippen LogP contribution in [0.2, 0.25) is 0 Å².